The second-order valence-corrected chi connectivity index (χ2v) is 6.76. The molecule has 0 radical (unpaired) electrons. The number of benzene rings is 1. The van der Waals surface area contributed by atoms with Gasteiger partial charge in [0.2, 0.25) is 0 Å². The van der Waals surface area contributed by atoms with Gasteiger partial charge in [0.25, 0.3) is 0 Å². The number of rotatable bonds is 9. The fourth-order valence-corrected chi connectivity index (χ4v) is 3.61. The molecule has 0 saturated heterocycles. The van der Waals surface area contributed by atoms with Crippen molar-refractivity contribution < 1.29 is 14.3 Å². The molecule has 0 aliphatic heterocycles. The Morgan fingerprint density at radius 3 is 2.59 bits per heavy atom. The minimum Gasteiger partial charge on any atom is -0.497 e. The smallest absolute Gasteiger partial charge is 0.311 e. The molecule has 2 aromatic rings. The normalized spacial score (nSPS) is 13.0. The van der Waals surface area contributed by atoms with E-state index in [0.717, 1.165) is 56.0 Å². The van der Waals surface area contributed by atoms with Crippen molar-refractivity contribution in [1.82, 2.24) is 14.7 Å². The third-order valence-electron chi connectivity index (χ3n) is 5.21. The summed E-state index contributed by atoms with van der Waals surface area (Å²) in [7, 11) is 1.66. The molecule has 1 aromatic carbocycles. The molecule has 0 amide bonds. The Kier molecular flexibility index (Phi) is 6.50. The monoisotopic (exact) mass is 371 g/mol. The average molecular weight is 371 g/mol. The lowest BCUT2D eigenvalue weighted by Gasteiger charge is -2.17. The standard InChI is InChI=1S/C21H29N3O3/c1-4-23(5-2)13-14-27-21(25)15-19-18-7-6-8-20(18)24(22-19)16-9-11-17(26-3)12-10-16/h9-12H,4-8,13-15H2,1-3H3. The summed E-state index contributed by atoms with van der Waals surface area (Å²) in [5, 5.41) is 4.74. The highest BCUT2D eigenvalue weighted by Gasteiger charge is 2.24. The minimum absolute atomic E-state index is 0.198. The highest BCUT2D eigenvalue weighted by molar-refractivity contribution is 5.72. The van der Waals surface area contributed by atoms with Gasteiger partial charge in [0.05, 0.1) is 24.9 Å². The van der Waals surface area contributed by atoms with E-state index < -0.39 is 0 Å². The summed E-state index contributed by atoms with van der Waals surface area (Å²) < 4.78 is 12.6. The summed E-state index contributed by atoms with van der Waals surface area (Å²) in [4.78, 5) is 14.5. The van der Waals surface area contributed by atoms with Gasteiger partial charge in [-0.15, -0.1) is 0 Å². The average Bonchev–Trinajstić information content (AvgIpc) is 3.29. The van der Waals surface area contributed by atoms with E-state index in [0.29, 0.717) is 6.61 Å². The van der Waals surface area contributed by atoms with Crippen molar-refractivity contribution in [3.05, 3.63) is 41.2 Å². The fraction of sp³-hybridized carbons (Fsp3) is 0.524. The SMILES string of the molecule is CCN(CC)CCOC(=O)Cc1nn(-c2ccc(OC)cc2)c2c1CCC2. The van der Waals surface area contributed by atoms with Crippen molar-refractivity contribution >= 4 is 5.97 Å². The Hall–Kier alpha value is -2.34. The number of aromatic nitrogens is 2. The van der Waals surface area contributed by atoms with Gasteiger partial charge < -0.3 is 14.4 Å². The largest absolute Gasteiger partial charge is 0.497 e. The van der Waals surface area contributed by atoms with Gasteiger partial charge in [0, 0.05) is 12.2 Å². The van der Waals surface area contributed by atoms with Crippen molar-refractivity contribution in [2.24, 2.45) is 0 Å². The minimum atomic E-state index is -0.198. The Labute approximate surface area is 161 Å². The highest BCUT2D eigenvalue weighted by Crippen LogP contribution is 2.28. The molecule has 1 aromatic heterocycles. The Bertz CT molecular complexity index is 764. The molecule has 6 heteroatoms. The number of likely N-dealkylation sites (N-methyl/N-ethyl adjacent to an activating group) is 1. The summed E-state index contributed by atoms with van der Waals surface area (Å²) in [5.74, 6) is 0.621. The lowest BCUT2D eigenvalue weighted by Crippen LogP contribution is -2.28. The lowest BCUT2D eigenvalue weighted by atomic mass is 10.1. The van der Waals surface area contributed by atoms with Crippen molar-refractivity contribution in [1.29, 1.82) is 0 Å². The van der Waals surface area contributed by atoms with Crippen LogP contribution < -0.4 is 4.74 Å². The molecule has 6 nitrogen and oxygen atoms in total. The van der Waals surface area contributed by atoms with Crippen LogP contribution in [0.25, 0.3) is 5.69 Å². The summed E-state index contributed by atoms with van der Waals surface area (Å²) in [6.07, 6.45) is 3.32. The van der Waals surface area contributed by atoms with E-state index in [-0.39, 0.29) is 12.4 Å². The van der Waals surface area contributed by atoms with Crippen LogP contribution in [0.3, 0.4) is 0 Å². The van der Waals surface area contributed by atoms with Gasteiger partial charge in [-0.3, -0.25) is 4.79 Å². The van der Waals surface area contributed by atoms with Crippen LogP contribution in [0.1, 0.15) is 37.2 Å². The van der Waals surface area contributed by atoms with Crippen LogP contribution in [0.5, 0.6) is 5.75 Å². The molecule has 1 aliphatic rings. The first-order valence-corrected chi connectivity index (χ1v) is 9.78. The number of carbonyl (C=O) groups excluding carboxylic acids is 1. The zero-order chi connectivity index (χ0) is 19.2. The van der Waals surface area contributed by atoms with Gasteiger partial charge in [-0.05, 0) is 62.2 Å². The van der Waals surface area contributed by atoms with Crippen LogP contribution in [-0.2, 0) is 28.8 Å². The molecular formula is C21H29N3O3. The van der Waals surface area contributed by atoms with Gasteiger partial charge in [-0.1, -0.05) is 13.8 Å². The number of nitrogens with zero attached hydrogens (tertiary/aromatic N) is 3. The predicted octanol–water partition coefficient (Wildman–Crippen LogP) is 2.80. The lowest BCUT2D eigenvalue weighted by molar-refractivity contribution is -0.143. The van der Waals surface area contributed by atoms with Crippen molar-refractivity contribution in [2.75, 3.05) is 33.4 Å². The number of esters is 1. The van der Waals surface area contributed by atoms with Gasteiger partial charge in [0.15, 0.2) is 0 Å². The number of hydrogen-bond donors (Lipinski definition) is 0. The molecule has 1 aliphatic carbocycles. The van der Waals surface area contributed by atoms with Crippen LogP contribution in [0.2, 0.25) is 0 Å². The first kappa shape index (κ1) is 19.4. The van der Waals surface area contributed by atoms with Crippen molar-refractivity contribution in [3.8, 4) is 11.4 Å². The molecule has 27 heavy (non-hydrogen) atoms. The second-order valence-electron chi connectivity index (χ2n) is 6.76. The predicted molar refractivity (Wildman–Crippen MR) is 105 cm³/mol. The summed E-state index contributed by atoms with van der Waals surface area (Å²) in [5.41, 5.74) is 4.28. The molecule has 0 atom stereocenters. The molecule has 0 N–H and O–H groups in total. The summed E-state index contributed by atoms with van der Waals surface area (Å²) >= 11 is 0. The van der Waals surface area contributed by atoms with E-state index in [4.69, 9.17) is 14.6 Å². The van der Waals surface area contributed by atoms with E-state index >= 15 is 0 Å². The van der Waals surface area contributed by atoms with Crippen molar-refractivity contribution in [3.63, 3.8) is 0 Å². The molecule has 0 spiro atoms. The van der Waals surface area contributed by atoms with Crippen LogP contribution in [0.15, 0.2) is 24.3 Å². The van der Waals surface area contributed by atoms with E-state index in [1.165, 1.54) is 11.3 Å². The molecular weight excluding hydrogens is 342 g/mol. The third-order valence-corrected chi connectivity index (χ3v) is 5.21. The zero-order valence-electron chi connectivity index (χ0n) is 16.5. The molecule has 146 valence electrons. The Morgan fingerprint density at radius 2 is 1.93 bits per heavy atom. The van der Waals surface area contributed by atoms with Crippen molar-refractivity contribution in [2.45, 2.75) is 39.5 Å². The maximum Gasteiger partial charge on any atom is 0.311 e. The molecule has 0 fully saturated rings. The van der Waals surface area contributed by atoms with Gasteiger partial charge in [0.1, 0.15) is 12.4 Å². The molecule has 3 rings (SSSR count). The van der Waals surface area contributed by atoms with Crippen LogP contribution in [0, 0.1) is 0 Å². The summed E-state index contributed by atoms with van der Waals surface area (Å²) in [6.45, 7) is 7.36. The third kappa shape index (κ3) is 4.50. The maximum absolute atomic E-state index is 12.3. The number of carbonyl (C=O) groups is 1. The fourth-order valence-electron chi connectivity index (χ4n) is 3.61. The van der Waals surface area contributed by atoms with Gasteiger partial charge in [-0.25, -0.2) is 4.68 Å². The molecule has 0 saturated carbocycles. The molecule has 1 heterocycles. The Balaban J connectivity index is 1.68. The van der Waals surface area contributed by atoms with E-state index in [2.05, 4.69) is 18.7 Å². The number of hydrogen-bond acceptors (Lipinski definition) is 5. The van der Waals surface area contributed by atoms with Gasteiger partial charge >= 0.3 is 5.97 Å². The van der Waals surface area contributed by atoms with Gasteiger partial charge in [-0.2, -0.15) is 5.10 Å². The topological polar surface area (TPSA) is 56.6 Å². The first-order chi connectivity index (χ1) is 13.2. The number of fused-ring (bicyclic) bond motifs is 1. The summed E-state index contributed by atoms with van der Waals surface area (Å²) in [6, 6.07) is 7.85. The first-order valence-electron chi connectivity index (χ1n) is 9.78. The quantitative estimate of drug-likeness (QED) is 0.635. The van der Waals surface area contributed by atoms with E-state index in [9.17, 15) is 4.79 Å². The van der Waals surface area contributed by atoms with Crippen LogP contribution in [-0.4, -0.2) is 54.0 Å². The van der Waals surface area contributed by atoms with E-state index in [1.807, 2.05) is 28.9 Å². The highest BCUT2D eigenvalue weighted by atomic mass is 16.5. The number of methoxy groups -OCH3 is 1. The maximum atomic E-state index is 12.3. The zero-order valence-corrected chi connectivity index (χ0v) is 16.5. The van der Waals surface area contributed by atoms with E-state index in [1.54, 1.807) is 7.11 Å². The number of ether oxygens (including phenoxy) is 2. The van der Waals surface area contributed by atoms with Crippen LogP contribution in [0.4, 0.5) is 0 Å². The molecule has 0 bridgehead atoms. The Morgan fingerprint density at radius 1 is 1.19 bits per heavy atom. The molecule has 0 unspecified atom stereocenters. The second kappa shape index (κ2) is 9.04. The van der Waals surface area contributed by atoms with Crippen LogP contribution >= 0.6 is 0 Å².